The Balaban J connectivity index is 1.53. The van der Waals surface area contributed by atoms with Gasteiger partial charge in [-0.1, -0.05) is 18.2 Å². The van der Waals surface area contributed by atoms with Gasteiger partial charge in [0.15, 0.2) is 0 Å². The molecular formula is C18H24O3. The number of hydrogen-bond acceptors (Lipinski definition) is 3. The molecule has 0 radical (unpaired) electrons. The number of methoxy groups -OCH3 is 1. The van der Waals surface area contributed by atoms with Crippen LogP contribution < -0.4 is 4.74 Å². The first kappa shape index (κ1) is 14.4. The van der Waals surface area contributed by atoms with Crippen molar-refractivity contribution in [3.8, 4) is 5.75 Å². The summed E-state index contributed by atoms with van der Waals surface area (Å²) >= 11 is 0. The fourth-order valence-corrected chi connectivity index (χ4v) is 4.06. The fraction of sp³-hybridized carbons (Fsp3) is 0.611. The number of ether oxygens (including phenoxy) is 2. The number of hydrogen-bond donors (Lipinski definition) is 0. The van der Waals surface area contributed by atoms with Gasteiger partial charge in [-0.25, -0.2) is 0 Å². The van der Waals surface area contributed by atoms with Crippen molar-refractivity contribution in [2.45, 2.75) is 44.9 Å². The van der Waals surface area contributed by atoms with Gasteiger partial charge in [0.2, 0.25) is 0 Å². The van der Waals surface area contributed by atoms with Crippen LogP contribution in [0.4, 0.5) is 0 Å². The maximum absolute atomic E-state index is 12.0. The van der Waals surface area contributed by atoms with E-state index in [0.717, 1.165) is 57.3 Å². The lowest BCUT2D eigenvalue weighted by atomic mass is 9.53. The third-order valence-electron chi connectivity index (χ3n) is 5.66. The van der Waals surface area contributed by atoms with Gasteiger partial charge in [0.1, 0.15) is 5.75 Å². The van der Waals surface area contributed by atoms with Crippen molar-refractivity contribution >= 4 is 5.97 Å². The number of carbonyl (C=O) groups excluding carboxylic acids is 1. The zero-order valence-corrected chi connectivity index (χ0v) is 12.8. The minimum Gasteiger partial charge on any atom is -0.494 e. The van der Waals surface area contributed by atoms with Crippen LogP contribution in [0.25, 0.3) is 0 Å². The first-order valence-corrected chi connectivity index (χ1v) is 7.94. The zero-order valence-electron chi connectivity index (χ0n) is 12.8. The third-order valence-corrected chi connectivity index (χ3v) is 5.66. The molecule has 0 aliphatic heterocycles. The number of rotatable bonds is 5. The maximum Gasteiger partial charge on any atom is 0.311 e. The van der Waals surface area contributed by atoms with Crippen molar-refractivity contribution in [1.29, 1.82) is 0 Å². The lowest BCUT2D eigenvalue weighted by molar-refractivity contribution is -0.163. The molecule has 21 heavy (non-hydrogen) atoms. The highest BCUT2D eigenvalue weighted by Crippen LogP contribution is 2.58. The summed E-state index contributed by atoms with van der Waals surface area (Å²) in [5.74, 6) is 0.959. The minimum absolute atomic E-state index is 0.0105. The Labute approximate surface area is 126 Å². The molecule has 0 aromatic heterocycles. The summed E-state index contributed by atoms with van der Waals surface area (Å²) in [6.07, 6.45) is 7.49. The molecule has 3 fully saturated rings. The molecule has 0 heterocycles. The van der Waals surface area contributed by atoms with Gasteiger partial charge in [-0.05, 0) is 62.5 Å². The van der Waals surface area contributed by atoms with Crippen LogP contribution in [0, 0.1) is 10.8 Å². The lowest BCUT2D eigenvalue weighted by Gasteiger charge is -2.51. The summed E-state index contributed by atoms with van der Waals surface area (Å²) in [7, 11) is 1.52. The summed E-state index contributed by atoms with van der Waals surface area (Å²) in [4.78, 5) is 12.0. The number of para-hydroxylation sites is 1. The highest BCUT2D eigenvalue weighted by atomic mass is 16.5. The van der Waals surface area contributed by atoms with Gasteiger partial charge < -0.3 is 9.47 Å². The van der Waals surface area contributed by atoms with Gasteiger partial charge in [0, 0.05) is 0 Å². The Kier molecular flexibility index (Phi) is 3.92. The van der Waals surface area contributed by atoms with Crippen LogP contribution in [0.1, 0.15) is 44.9 Å². The van der Waals surface area contributed by atoms with Crippen molar-refractivity contribution in [2.75, 3.05) is 13.7 Å². The van der Waals surface area contributed by atoms with E-state index in [4.69, 9.17) is 9.47 Å². The molecule has 0 saturated heterocycles. The van der Waals surface area contributed by atoms with Crippen molar-refractivity contribution in [2.24, 2.45) is 10.8 Å². The Morgan fingerprint density at radius 3 is 2.24 bits per heavy atom. The average Bonchev–Trinajstić information content (AvgIpc) is 2.56. The second kappa shape index (κ2) is 5.70. The molecule has 3 aliphatic rings. The molecule has 0 atom stereocenters. The standard InChI is InChI=1S/C18H24O3/c1-20-16(19)18-10-7-17(8-11-18,9-12-18)13-14-21-15-5-3-2-4-6-15/h2-6H,7-14H2,1H3. The molecule has 4 rings (SSSR count). The first-order valence-electron chi connectivity index (χ1n) is 7.94. The normalized spacial score (nSPS) is 30.9. The predicted molar refractivity (Wildman–Crippen MR) is 81.1 cm³/mol. The highest BCUT2D eigenvalue weighted by molar-refractivity contribution is 5.77. The smallest absolute Gasteiger partial charge is 0.311 e. The van der Waals surface area contributed by atoms with Crippen molar-refractivity contribution < 1.29 is 14.3 Å². The van der Waals surface area contributed by atoms with E-state index in [2.05, 4.69) is 0 Å². The minimum atomic E-state index is -0.170. The molecule has 0 spiro atoms. The van der Waals surface area contributed by atoms with E-state index in [1.165, 1.54) is 7.11 Å². The van der Waals surface area contributed by atoms with Gasteiger partial charge in [-0.15, -0.1) is 0 Å². The Bertz CT molecular complexity index is 470. The molecule has 0 unspecified atom stereocenters. The van der Waals surface area contributed by atoms with E-state index >= 15 is 0 Å². The lowest BCUT2D eigenvalue weighted by Crippen LogP contribution is -2.46. The van der Waals surface area contributed by atoms with Gasteiger partial charge >= 0.3 is 5.97 Å². The summed E-state index contributed by atoms with van der Waals surface area (Å²) in [6, 6.07) is 10.0. The summed E-state index contributed by atoms with van der Waals surface area (Å²) in [6.45, 7) is 0.773. The highest BCUT2D eigenvalue weighted by Gasteiger charge is 2.52. The Hall–Kier alpha value is -1.51. The molecule has 3 nitrogen and oxygen atoms in total. The maximum atomic E-state index is 12.0. The second-order valence-electron chi connectivity index (χ2n) is 6.68. The average molecular weight is 288 g/mol. The summed E-state index contributed by atoms with van der Waals surface area (Å²) in [5.41, 5.74) is 0.224. The van der Waals surface area contributed by atoms with Crippen LogP contribution >= 0.6 is 0 Å². The number of carbonyl (C=O) groups is 1. The SMILES string of the molecule is COC(=O)C12CCC(CCOc3ccccc3)(CC1)CC2. The molecular weight excluding hydrogens is 264 g/mol. The van der Waals surface area contributed by atoms with Gasteiger partial charge in [-0.3, -0.25) is 4.79 Å². The van der Waals surface area contributed by atoms with E-state index in [0.29, 0.717) is 5.41 Å². The zero-order chi connectivity index (χ0) is 14.8. The fourth-order valence-electron chi connectivity index (χ4n) is 4.06. The van der Waals surface area contributed by atoms with E-state index in [1.54, 1.807) is 0 Å². The van der Waals surface area contributed by atoms with E-state index in [1.807, 2.05) is 30.3 Å². The monoisotopic (exact) mass is 288 g/mol. The molecule has 3 saturated carbocycles. The quantitative estimate of drug-likeness (QED) is 0.769. The molecule has 3 heteroatoms. The topological polar surface area (TPSA) is 35.5 Å². The Morgan fingerprint density at radius 1 is 1.05 bits per heavy atom. The molecule has 0 N–H and O–H groups in total. The molecule has 114 valence electrons. The first-order chi connectivity index (χ1) is 10.2. The van der Waals surface area contributed by atoms with Crippen LogP contribution in [0.5, 0.6) is 5.75 Å². The van der Waals surface area contributed by atoms with Gasteiger partial charge in [0.25, 0.3) is 0 Å². The summed E-state index contributed by atoms with van der Waals surface area (Å²) in [5, 5.41) is 0. The molecule has 0 amide bonds. The largest absolute Gasteiger partial charge is 0.494 e. The van der Waals surface area contributed by atoms with Crippen LogP contribution in [0.2, 0.25) is 0 Å². The number of benzene rings is 1. The second-order valence-corrected chi connectivity index (χ2v) is 6.68. The van der Waals surface area contributed by atoms with Crippen LogP contribution in [-0.2, 0) is 9.53 Å². The van der Waals surface area contributed by atoms with Gasteiger partial charge in [-0.2, -0.15) is 0 Å². The third kappa shape index (κ3) is 2.78. The van der Waals surface area contributed by atoms with E-state index in [9.17, 15) is 4.79 Å². The number of esters is 1. The van der Waals surface area contributed by atoms with E-state index in [-0.39, 0.29) is 11.4 Å². The number of fused-ring (bicyclic) bond motifs is 3. The van der Waals surface area contributed by atoms with E-state index < -0.39 is 0 Å². The molecule has 2 bridgehead atoms. The van der Waals surface area contributed by atoms with Crippen LogP contribution in [0.15, 0.2) is 30.3 Å². The van der Waals surface area contributed by atoms with Gasteiger partial charge in [0.05, 0.1) is 19.1 Å². The van der Waals surface area contributed by atoms with Crippen molar-refractivity contribution in [1.82, 2.24) is 0 Å². The molecule has 1 aromatic carbocycles. The van der Waals surface area contributed by atoms with Crippen LogP contribution in [-0.4, -0.2) is 19.7 Å². The van der Waals surface area contributed by atoms with Crippen LogP contribution in [0.3, 0.4) is 0 Å². The predicted octanol–water partition coefficient (Wildman–Crippen LogP) is 3.97. The Morgan fingerprint density at radius 2 is 1.67 bits per heavy atom. The molecule has 1 aromatic rings. The van der Waals surface area contributed by atoms with Crippen molar-refractivity contribution in [3.05, 3.63) is 30.3 Å². The summed E-state index contributed by atoms with van der Waals surface area (Å²) < 4.78 is 10.9. The van der Waals surface area contributed by atoms with Crippen molar-refractivity contribution in [3.63, 3.8) is 0 Å². The molecule has 3 aliphatic carbocycles.